The Morgan fingerprint density at radius 2 is 2.24 bits per heavy atom. The second kappa shape index (κ2) is 4.71. The Morgan fingerprint density at radius 1 is 1.53 bits per heavy atom. The van der Waals surface area contributed by atoms with E-state index in [1.54, 1.807) is 19.1 Å². The number of nitro benzene ring substituents is 1. The van der Waals surface area contributed by atoms with Crippen molar-refractivity contribution in [3.05, 3.63) is 33.9 Å². The Bertz CT molecular complexity index is 430. The highest BCUT2D eigenvalue weighted by Gasteiger charge is 2.33. The van der Waals surface area contributed by atoms with Gasteiger partial charge in [-0.1, -0.05) is 12.1 Å². The van der Waals surface area contributed by atoms with Crippen molar-refractivity contribution in [2.45, 2.75) is 25.8 Å². The van der Waals surface area contributed by atoms with Gasteiger partial charge in [0.05, 0.1) is 11.5 Å². The average Bonchev–Trinajstić information content (AvgIpc) is 3.08. The molecular weight excluding hydrogens is 220 g/mol. The summed E-state index contributed by atoms with van der Waals surface area (Å²) in [6.07, 6.45) is 2.09. The second-order valence-electron chi connectivity index (χ2n) is 4.35. The van der Waals surface area contributed by atoms with Gasteiger partial charge in [-0.2, -0.15) is 0 Å². The number of hydrogen-bond acceptors (Lipinski definition) is 4. The van der Waals surface area contributed by atoms with Crippen molar-refractivity contribution in [3.8, 4) is 0 Å². The minimum atomic E-state index is -0.336. The molecule has 0 saturated heterocycles. The highest BCUT2D eigenvalue weighted by molar-refractivity contribution is 5.67. The van der Waals surface area contributed by atoms with Crippen molar-refractivity contribution in [1.29, 1.82) is 0 Å². The SMILES string of the molecule is Cc1cccc(N(CCO)C2CC2)c1[N+](=O)[O-]. The van der Waals surface area contributed by atoms with Crippen LogP contribution in [0.4, 0.5) is 11.4 Å². The number of para-hydroxylation sites is 1. The molecule has 92 valence electrons. The summed E-state index contributed by atoms with van der Waals surface area (Å²) in [5.41, 5.74) is 1.45. The van der Waals surface area contributed by atoms with Gasteiger partial charge in [0.1, 0.15) is 5.69 Å². The van der Waals surface area contributed by atoms with Crippen LogP contribution in [0.5, 0.6) is 0 Å². The first kappa shape index (κ1) is 11.9. The molecule has 2 rings (SSSR count). The van der Waals surface area contributed by atoms with E-state index in [1.165, 1.54) is 0 Å². The van der Waals surface area contributed by atoms with Crippen molar-refractivity contribution in [2.24, 2.45) is 0 Å². The third-order valence-electron chi connectivity index (χ3n) is 3.04. The van der Waals surface area contributed by atoms with E-state index in [-0.39, 0.29) is 17.2 Å². The zero-order valence-electron chi connectivity index (χ0n) is 9.80. The van der Waals surface area contributed by atoms with Crippen LogP contribution in [0.1, 0.15) is 18.4 Å². The normalized spacial score (nSPS) is 14.7. The Kier molecular flexibility index (Phi) is 3.28. The minimum absolute atomic E-state index is 0.0155. The van der Waals surface area contributed by atoms with Gasteiger partial charge in [0, 0.05) is 18.2 Å². The maximum absolute atomic E-state index is 11.1. The summed E-state index contributed by atoms with van der Waals surface area (Å²) >= 11 is 0. The molecule has 0 heterocycles. The lowest BCUT2D eigenvalue weighted by atomic mass is 10.1. The Hall–Kier alpha value is -1.62. The van der Waals surface area contributed by atoms with Gasteiger partial charge < -0.3 is 10.0 Å². The Balaban J connectivity index is 2.41. The van der Waals surface area contributed by atoms with Crippen molar-refractivity contribution in [2.75, 3.05) is 18.1 Å². The molecule has 0 spiro atoms. The lowest BCUT2D eigenvalue weighted by Crippen LogP contribution is -2.29. The van der Waals surface area contributed by atoms with E-state index in [0.29, 0.717) is 23.8 Å². The van der Waals surface area contributed by atoms with Crippen molar-refractivity contribution < 1.29 is 10.0 Å². The summed E-state index contributed by atoms with van der Waals surface area (Å²) < 4.78 is 0. The number of rotatable bonds is 5. The number of aliphatic hydroxyl groups excluding tert-OH is 1. The van der Waals surface area contributed by atoms with E-state index in [1.807, 2.05) is 11.0 Å². The molecule has 1 saturated carbocycles. The van der Waals surface area contributed by atoms with Gasteiger partial charge in [0.25, 0.3) is 5.69 Å². The molecule has 17 heavy (non-hydrogen) atoms. The molecule has 1 aromatic carbocycles. The molecule has 0 bridgehead atoms. The molecule has 0 aliphatic heterocycles. The number of aliphatic hydroxyl groups is 1. The Labute approximate surface area is 99.8 Å². The fourth-order valence-electron chi connectivity index (χ4n) is 2.11. The number of nitro groups is 1. The van der Waals surface area contributed by atoms with Gasteiger partial charge in [-0.05, 0) is 25.8 Å². The highest BCUT2D eigenvalue weighted by atomic mass is 16.6. The van der Waals surface area contributed by atoms with Crippen LogP contribution in [0, 0.1) is 17.0 Å². The third kappa shape index (κ3) is 2.39. The van der Waals surface area contributed by atoms with Crippen LogP contribution in [-0.4, -0.2) is 29.2 Å². The van der Waals surface area contributed by atoms with Crippen molar-refractivity contribution in [1.82, 2.24) is 0 Å². The minimum Gasteiger partial charge on any atom is -0.395 e. The number of anilines is 1. The van der Waals surface area contributed by atoms with E-state index in [0.717, 1.165) is 12.8 Å². The van der Waals surface area contributed by atoms with Gasteiger partial charge in [-0.3, -0.25) is 10.1 Å². The van der Waals surface area contributed by atoms with Crippen molar-refractivity contribution in [3.63, 3.8) is 0 Å². The predicted octanol–water partition coefficient (Wildman–Crippen LogP) is 1.86. The predicted molar refractivity (Wildman–Crippen MR) is 65.3 cm³/mol. The quantitative estimate of drug-likeness (QED) is 0.626. The first-order chi connectivity index (χ1) is 8.15. The van der Waals surface area contributed by atoms with Gasteiger partial charge in [-0.15, -0.1) is 0 Å². The van der Waals surface area contributed by atoms with E-state index >= 15 is 0 Å². The van der Waals surface area contributed by atoms with Gasteiger partial charge in [0.15, 0.2) is 0 Å². The van der Waals surface area contributed by atoms with E-state index in [4.69, 9.17) is 5.11 Å². The third-order valence-corrected chi connectivity index (χ3v) is 3.04. The molecule has 0 amide bonds. The van der Waals surface area contributed by atoms with Crippen molar-refractivity contribution >= 4 is 11.4 Å². The fraction of sp³-hybridized carbons (Fsp3) is 0.500. The summed E-state index contributed by atoms with van der Waals surface area (Å²) in [5, 5.41) is 20.2. The smallest absolute Gasteiger partial charge is 0.295 e. The summed E-state index contributed by atoms with van der Waals surface area (Å²) in [5.74, 6) is 0. The molecule has 0 radical (unpaired) electrons. The van der Waals surface area contributed by atoms with Gasteiger partial charge >= 0.3 is 0 Å². The maximum atomic E-state index is 11.1. The molecule has 1 aliphatic carbocycles. The average molecular weight is 236 g/mol. The number of nitrogens with zero attached hydrogens (tertiary/aromatic N) is 2. The fourth-order valence-corrected chi connectivity index (χ4v) is 2.11. The van der Waals surface area contributed by atoms with Crippen LogP contribution in [0.2, 0.25) is 0 Å². The molecule has 1 fully saturated rings. The molecule has 5 nitrogen and oxygen atoms in total. The molecule has 1 aliphatic rings. The monoisotopic (exact) mass is 236 g/mol. The zero-order valence-corrected chi connectivity index (χ0v) is 9.80. The first-order valence-electron chi connectivity index (χ1n) is 5.76. The van der Waals surface area contributed by atoms with E-state index in [9.17, 15) is 10.1 Å². The Morgan fingerprint density at radius 3 is 2.76 bits per heavy atom. The summed E-state index contributed by atoms with van der Waals surface area (Å²) in [6, 6.07) is 5.68. The molecule has 1 aromatic rings. The number of aryl methyl sites for hydroxylation is 1. The van der Waals surface area contributed by atoms with E-state index < -0.39 is 0 Å². The zero-order chi connectivity index (χ0) is 12.4. The summed E-state index contributed by atoms with van der Waals surface area (Å²) in [6.45, 7) is 2.21. The van der Waals surface area contributed by atoms with Crippen LogP contribution in [0.15, 0.2) is 18.2 Å². The van der Waals surface area contributed by atoms with E-state index in [2.05, 4.69) is 0 Å². The van der Waals surface area contributed by atoms with Gasteiger partial charge in [-0.25, -0.2) is 0 Å². The van der Waals surface area contributed by atoms with Crippen LogP contribution >= 0.6 is 0 Å². The first-order valence-corrected chi connectivity index (χ1v) is 5.76. The highest BCUT2D eigenvalue weighted by Crippen LogP contribution is 2.38. The second-order valence-corrected chi connectivity index (χ2v) is 4.35. The molecule has 0 unspecified atom stereocenters. The van der Waals surface area contributed by atoms with Crippen LogP contribution < -0.4 is 4.90 Å². The summed E-state index contributed by atoms with van der Waals surface area (Å²) in [4.78, 5) is 12.7. The van der Waals surface area contributed by atoms with Crippen LogP contribution in [-0.2, 0) is 0 Å². The molecule has 0 aromatic heterocycles. The standard InChI is InChI=1S/C12H16N2O3/c1-9-3-2-4-11(12(9)14(16)17)13(7-8-15)10-5-6-10/h2-4,10,15H,5-8H2,1H3. The maximum Gasteiger partial charge on any atom is 0.295 e. The lowest BCUT2D eigenvalue weighted by molar-refractivity contribution is -0.384. The van der Waals surface area contributed by atoms with Crippen LogP contribution in [0.25, 0.3) is 0 Å². The molecule has 5 heteroatoms. The topological polar surface area (TPSA) is 66.6 Å². The van der Waals surface area contributed by atoms with Gasteiger partial charge in [0.2, 0.25) is 0 Å². The largest absolute Gasteiger partial charge is 0.395 e. The van der Waals surface area contributed by atoms with Crippen LogP contribution in [0.3, 0.4) is 0 Å². The number of hydrogen-bond donors (Lipinski definition) is 1. The summed E-state index contributed by atoms with van der Waals surface area (Å²) in [7, 11) is 0. The molecular formula is C12H16N2O3. The molecule has 0 atom stereocenters. The number of benzene rings is 1. The molecule has 1 N–H and O–H groups in total. The lowest BCUT2D eigenvalue weighted by Gasteiger charge is -2.23.